The minimum absolute atomic E-state index is 0. The van der Waals surface area contributed by atoms with Crippen LogP contribution in [0.5, 0.6) is 0 Å². The Labute approximate surface area is 92.5 Å². The molecule has 10 heavy (non-hydrogen) atoms. The third-order valence-electron chi connectivity index (χ3n) is 0.678. The molecule has 1 aromatic rings. The number of benzene rings is 1. The van der Waals surface area contributed by atoms with E-state index in [1.54, 1.807) is 0 Å². The van der Waals surface area contributed by atoms with E-state index in [0.29, 0.717) is 0 Å². The topological polar surface area (TPSA) is 0 Å². The summed E-state index contributed by atoms with van der Waals surface area (Å²) >= 11 is 0. The largest absolute Gasteiger partial charge is 2.00 e. The van der Waals surface area contributed by atoms with Gasteiger partial charge in [-0.15, -0.1) is 29.1 Å². The van der Waals surface area contributed by atoms with Gasteiger partial charge in [-0.25, -0.2) is 4.39 Å². The Balaban J connectivity index is -0.000000163. The van der Waals surface area contributed by atoms with Crippen molar-refractivity contribution in [1.29, 1.82) is 0 Å². The SMILES string of the molecule is Br.Fc1cc[c-]cc1.[Cl-].[Mg+2]. The molecule has 0 N–H and O–H groups in total. The van der Waals surface area contributed by atoms with Crippen LogP contribution in [0.3, 0.4) is 0 Å². The number of hydrogen-bond acceptors (Lipinski definition) is 0. The van der Waals surface area contributed by atoms with E-state index in [1.807, 2.05) is 0 Å². The van der Waals surface area contributed by atoms with Gasteiger partial charge in [-0.05, 0) is 0 Å². The first-order chi connectivity index (χ1) is 3.39. The van der Waals surface area contributed by atoms with Gasteiger partial charge in [0.2, 0.25) is 0 Å². The molecule has 0 aromatic heterocycles. The van der Waals surface area contributed by atoms with Gasteiger partial charge in [0, 0.05) is 5.82 Å². The molecule has 0 bridgehead atoms. The monoisotopic (exact) mass is 234 g/mol. The van der Waals surface area contributed by atoms with Crippen LogP contribution in [0.15, 0.2) is 24.3 Å². The van der Waals surface area contributed by atoms with E-state index in [9.17, 15) is 4.39 Å². The number of hydrogen-bond donors (Lipinski definition) is 0. The van der Waals surface area contributed by atoms with Gasteiger partial charge in [0.1, 0.15) is 0 Å². The predicted octanol–water partition coefficient (Wildman–Crippen LogP) is -1.17. The summed E-state index contributed by atoms with van der Waals surface area (Å²) in [4.78, 5) is 0. The van der Waals surface area contributed by atoms with Crippen LogP contribution in [-0.4, -0.2) is 23.1 Å². The quantitative estimate of drug-likeness (QED) is 0.393. The molecule has 0 aliphatic carbocycles. The summed E-state index contributed by atoms with van der Waals surface area (Å²) in [5.74, 6) is -0.209. The van der Waals surface area contributed by atoms with E-state index in [4.69, 9.17) is 0 Å². The summed E-state index contributed by atoms with van der Waals surface area (Å²) in [5, 5.41) is 0. The summed E-state index contributed by atoms with van der Waals surface area (Å²) in [6.45, 7) is 0. The molecule has 0 radical (unpaired) electrons. The second-order valence-corrected chi connectivity index (χ2v) is 1.22. The first kappa shape index (κ1) is 17.0. The summed E-state index contributed by atoms with van der Waals surface area (Å²) in [6, 6.07) is 8.49. The molecule has 0 saturated heterocycles. The molecule has 0 nitrogen and oxygen atoms in total. The van der Waals surface area contributed by atoms with Crippen molar-refractivity contribution in [2.45, 2.75) is 0 Å². The van der Waals surface area contributed by atoms with Crippen molar-refractivity contribution in [3.05, 3.63) is 36.1 Å². The Bertz CT molecular complexity index is 148. The van der Waals surface area contributed by atoms with Gasteiger partial charge in [0.25, 0.3) is 0 Å². The molecule has 0 aliphatic heterocycles. The van der Waals surface area contributed by atoms with Crippen LogP contribution in [0.2, 0.25) is 0 Å². The van der Waals surface area contributed by atoms with Crippen molar-refractivity contribution in [1.82, 2.24) is 0 Å². The van der Waals surface area contributed by atoms with Gasteiger partial charge in [-0.2, -0.15) is 18.2 Å². The van der Waals surface area contributed by atoms with E-state index in [2.05, 4.69) is 6.07 Å². The third-order valence-corrected chi connectivity index (χ3v) is 0.678. The van der Waals surface area contributed by atoms with Crippen molar-refractivity contribution in [3.63, 3.8) is 0 Å². The molecule has 0 saturated carbocycles. The summed E-state index contributed by atoms with van der Waals surface area (Å²) in [5.41, 5.74) is 0. The van der Waals surface area contributed by atoms with Gasteiger partial charge in [0.15, 0.2) is 0 Å². The standard InChI is InChI=1S/C6H4F.BrH.ClH.Mg/c7-6-4-2-1-3-5-6;;;/h2-5H;2*1H;/q-1;;;+2/p-1. The maximum absolute atomic E-state index is 11.9. The molecule has 1 aromatic carbocycles. The Hall–Kier alpha value is 0.686. The Morgan fingerprint density at radius 3 is 1.80 bits per heavy atom. The Kier molecular flexibility index (Phi) is 16.4. The molecular formula is C6H5BrClFMg. The zero-order chi connectivity index (χ0) is 5.11. The van der Waals surface area contributed by atoms with Crippen molar-refractivity contribution < 1.29 is 16.8 Å². The fourth-order valence-electron chi connectivity index (χ4n) is 0.367. The first-order valence-corrected chi connectivity index (χ1v) is 2.01. The van der Waals surface area contributed by atoms with Crippen LogP contribution in [0.25, 0.3) is 0 Å². The van der Waals surface area contributed by atoms with E-state index >= 15 is 0 Å². The molecule has 0 spiro atoms. The normalized spacial score (nSPS) is 6.10. The Morgan fingerprint density at radius 2 is 1.60 bits per heavy atom. The van der Waals surface area contributed by atoms with Crippen molar-refractivity contribution in [2.24, 2.45) is 0 Å². The van der Waals surface area contributed by atoms with E-state index in [1.165, 1.54) is 24.3 Å². The van der Waals surface area contributed by atoms with Gasteiger partial charge >= 0.3 is 23.1 Å². The first-order valence-electron chi connectivity index (χ1n) is 2.01. The van der Waals surface area contributed by atoms with Crippen molar-refractivity contribution in [3.8, 4) is 0 Å². The van der Waals surface area contributed by atoms with Crippen molar-refractivity contribution in [2.75, 3.05) is 0 Å². The summed E-state index contributed by atoms with van der Waals surface area (Å²) in [6.07, 6.45) is 0. The van der Waals surface area contributed by atoms with Crippen LogP contribution < -0.4 is 12.4 Å². The maximum atomic E-state index is 11.9. The second-order valence-electron chi connectivity index (χ2n) is 1.22. The molecule has 0 unspecified atom stereocenters. The summed E-state index contributed by atoms with van der Waals surface area (Å²) < 4.78 is 11.9. The zero-order valence-corrected chi connectivity index (χ0v) is 9.06. The minimum atomic E-state index is -0.209. The minimum Gasteiger partial charge on any atom is -1.00 e. The average Bonchev–Trinajstić information content (AvgIpc) is 1.69. The maximum Gasteiger partial charge on any atom is 2.00 e. The molecule has 52 valence electrons. The average molecular weight is 236 g/mol. The van der Waals surface area contributed by atoms with Gasteiger partial charge in [-0.3, -0.25) is 0 Å². The Morgan fingerprint density at radius 1 is 1.20 bits per heavy atom. The molecule has 1 rings (SSSR count). The number of rotatable bonds is 0. The van der Waals surface area contributed by atoms with Crippen LogP contribution in [0.4, 0.5) is 4.39 Å². The van der Waals surface area contributed by atoms with E-state index < -0.39 is 0 Å². The molecule has 0 heterocycles. The zero-order valence-electron chi connectivity index (χ0n) is 5.18. The molecule has 0 amide bonds. The van der Waals surface area contributed by atoms with Crippen molar-refractivity contribution >= 4 is 40.0 Å². The molecule has 0 atom stereocenters. The molecule has 4 heteroatoms. The molecule has 0 aliphatic rings. The predicted molar refractivity (Wildman–Crippen MR) is 41.3 cm³/mol. The van der Waals surface area contributed by atoms with Crippen LogP contribution in [0.1, 0.15) is 0 Å². The smallest absolute Gasteiger partial charge is 1.00 e. The van der Waals surface area contributed by atoms with E-state index in [-0.39, 0.29) is 58.3 Å². The number of halogens is 3. The second kappa shape index (κ2) is 9.69. The molecule has 0 fully saturated rings. The third kappa shape index (κ3) is 6.80. The van der Waals surface area contributed by atoms with E-state index in [0.717, 1.165) is 0 Å². The van der Waals surface area contributed by atoms with Crippen LogP contribution in [0, 0.1) is 11.9 Å². The van der Waals surface area contributed by atoms with Crippen LogP contribution in [-0.2, 0) is 0 Å². The van der Waals surface area contributed by atoms with Crippen LogP contribution >= 0.6 is 17.0 Å². The van der Waals surface area contributed by atoms with Gasteiger partial charge < -0.3 is 12.4 Å². The van der Waals surface area contributed by atoms with Gasteiger partial charge in [-0.1, -0.05) is 0 Å². The summed E-state index contributed by atoms with van der Waals surface area (Å²) in [7, 11) is 0. The fraction of sp³-hybridized carbons (Fsp3) is 0. The van der Waals surface area contributed by atoms with Gasteiger partial charge in [0.05, 0.1) is 0 Å². The molecular weight excluding hydrogens is 231 g/mol. The fourth-order valence-corrected chi connectivity index (χ4v) is 0.367.